The van der Waals surface area contributed by atoms with Crippen LogP contribution in [0, 0.1) is 5.92 Å². The SMILES string of the molecule is CC(NC(=O)C1C=CC(N)C1)c1ccc(C(C)(C)C)cc1. The van der Waals surface area contributed by atoms with Gasteiger partial charge in [0.25, 0.3) is 0 Å². The second kappa shape index (κ2) is 6.02. The van der Waals surface area contributed by atoms with E-state index < -0.39 is 0 Å². The summed E-state index contributed by atoms with van der Waals surface area (Å²) in [6, 6.07) is 8.51. The summed E-state index contributed by atoms with van der Waals surface area (Å²) in [6.07, 6.45) is 4.53. The summed E-state index contributed by atoms with van der Waals surface area (Å²) < 4.78 is 0. The van der Waals surface area contributed by atoms with Gasteiger partial charge in [-0.05, 0) is 29.9 Å². The van der Waals surface area contributed by atoms with E-state index in [1.807, 2.05) is 19.1 Å². The van der Waals surface area contributed by atoms with Gasteiger partial charge in [-0.2, -0.15) is 0 Å². The lowest BCUT2D eigenvalue weighted by atomic mass is 9.86. The summed E-state index contributed by atoms with van der Waals surface area (Å²) in [5.74, 6) is -0.0251. The average Bonchev–Trinajstić information content (AvgIpc) is 2.84. The molecule has 0 heterocycles. The smallest absolute Gasteiger partial charge is 0.227 e. The minimum absolute atomic E-state index is 0.0109. The van der Waals surface area contributed by atoms with Crippen molar-refractivity contribution in [1.82, 2.24) is 5.32 Å². The van der Waals surface area contributed by atoms with Crippen molar-refractivity contribution in [2.45, 2.75) is 51.6 Å². The highest BCUT2D eigenvalue weighted by Crippen LogP contribution is 2.24. The summed E-state index contributed by atoms with van der Waals surface area (Å²) >= 11 is 0. The zero-order valence-corrected chi connectivity index (χ0v) is 13.4. The van der Waals surface area contributed by atoms with Gasteiger partial charge in [0.15, 0.2) is 0 Å². The molecule has 114 valence electrons. The third-order valence-corrected chi connectivity index (χ3v) is 4.09. The topological polar surface area (TPSA) is 55.1 Å². The largest absolute Gasteiger partial charge is 0.349 e. The molecule has 21 heavy (non-hydrogen) atoms. The first kappa shape index (κ1) is 15.8. The Morgan fingerprint density at radius 1 is 1.24 bits per heavy atom. The molecule has 2 rings (SSSR count). The van der Waals surface area contributed by atoms with Crippen molar-refractivity contribution in [2.75, 3.05) is 0 Å². The molecule has 0 aromatic heterocycles. The normalized spacial score (nSPS) is 23.1. The molecule has 0 fully saturated rings. The van der Waals surface area contributed by atoms with Crippen LogP contribution in [0.25, 0.3) is 0 Å². The fourth-order valence-corrected chi connectivity index (χ4v) is 2.60. The van der Waals surface area contributed by atoms with Crippen molar-refractivity contribution in [3.05, 3.63) is 47.5 Å². The quantitative estimate of drug-likeness (QED) is 0.839. The first-order valence-electron chi connectivity index (χ1n) is 7.62. The molecule has 3 atom stereocenters. The zero-order chi connectivity index (χ0) is 15.6. The van der Waals surface area contributed by atoms with Gasteiger partial charge < -0.3 is 11.1 Å². The molecule has 1 aromatic rings. The van der Waals surface area contributed by atoms with Gasteiger partial charge in [0, 0.05) is 6.04 Å². The number of nitrogens with two attached hydrogens (primary N) is 1. The minimum atomic E-state index is -0.0868. The van der Waals surface area contributed by atoms with Crippen molar-refractivity contribution in [2.24, 2.45) is 11.7 Å². The van der Waals surface area contributed by atoms with Gasteiger partial charge in [-0.15, -0.1) is 0 Å². The summed E-state index contributed by atoms with van der Waals surface area (Å²) in [5.41, 5.74) is 8.37. The number of benzene rings is 1. The monoisotopic (exact) mass is 286 g/mol. The third-order valence-electron chi connectivity index (χ3n) is 4.09. The van der Waals surface area contributed by atoms with Crippen LogP contribution < -0.4 is 11.1 Å². The maximum absolute atomic E-state index is 12.2. The van der Waals surface area contributed by atoms with Crippen LogP contribution in [0.1, 0.15) is 51.3 Å². The highest BCUT2D eigenvalue weighted by atomic mass is 16.1. The molecule has 3 N–H and O–H groups in total. The molecule has 0 aliphatic heterocycles. The number of hydrogen-bond donors (Lipinski definition) is 2. The van der Waals surface area contributed by atoms with Crippen molar-refractivity contribution < 1.29 is 4.79 Å². The second-order valence-corrected chi connectivity index (χ2v) is 6.99. The minimum Gasteiger partial charge on any atom is -0.349 e. The van der Waals surface area contributed by atoms with Crippen molar-refractivity contribution in [3.63, 3.8) is 0 Å². The average molecular weight is 286 g/mol. The number of carbonyl (C=O) groups excluding carboxylic acids is 1. The molecule has 3 heteroatoms. The van der Waals surface area contributed by atoms with Crippen molar-refractivity contribution in [1.29, 1.82) is 0 Å². The number of amides is 1. The first-order valence-corrected chi connectivity index (χ1v) is 7.62. The van der Waals surface area contributed by atoms with Gasteiger partial charge in [-0.25, -0.2) is 0 Å². The lowest BCUT2D eigenvalue weighted by molar-refractivity contribution is -0.124. The summed E-state index contributed by atoms with van der Waals surface area (Å²) in [5, 5.41) is 3.07. The molecular formula is C18H26N2O. The van der Waals surface area contributed by atoms with Gasteiger partial charge in [-0.3, -0.25) is 4.79 Å². The van der Waals surface area contributed by atoms with Crippen LogP contribution in [0.3, 0.4) is 0 Å². The molecule has 1 aliphatic carbocycles. The van der Waals surface area contributed by atoms with Crippen molar-refractivity contribution in [3.8, 4) is 0 Å². The summed E-state index contributed by atoms with van der Waals surface area (Å²) in [4.78, 5) is 12.2. The predicted octanol–water partition coefficient (Wildman–Crippen LogP) is 3.06. The fourth-order valence-electron chi connectivity index (χ4n) is 2.60. The van der Waals surface area contributed by atoms with E-state index in [1.54, 1.807) is 0 Å². The van der Waals surface area contributed by atoms with Crippen LogP contribution in [0.15, 0.2) is 36.4 Å². The highest BCUT2D eigenvalue weighted by Gasteiger charge is 2.24. The molecule has 3 unspecified atom stereocenters. The summed E-state index contributed by atoms with van der Waals surface area (Å²) in [6.45, 7) is 8.61. The van der Waals surface area contributed by atoms with E-state index in [-0.39, 0.29) is 29.3 Å². The second-order valence-electron chi connectivity index (χ2n) is 6.99. The lowest BCUT2D eigenvalue weighted by Gasteiger charge is -2.21. The molecule has 3 nitrogen and oxygen atoms in total. The summed E-state index contributed by atoms with van der Waals surface area (Å²) in [7, 11) is 0. The van der Waals surface area contributed by atoms with E-state index in [9.17, 15) is 4.79 Å². The van der Waals surface area contributed by atoms with E-state index in [0.29, 0.717) is 6.42 Å². The third kappa shape index (κ3) is 3.94. The van der Waals surface area contributed by atoms with Crippen LogP contribution in [-0.4, -0.2) is 11.9 Å². The van der Waals surface area contributed by atoms with Gasteiger partial charge in [-0.1, -0.05) is 57.2 Å². The van der Waals surface area contributed by atoms with Crippen LogP contribution in [0.4, 0.5) is 0 Å². The molecule has 1 aliphatic rings. The number of carbonyl (C=O) groups is 1. The molecule has 0 bridgehead atoms. The Morgan fingerprint density at radius 2 is 1.86 bits per heavy atom. The standard InChI is InChI=1S/C18H26N2O/c1-12(20-17(21)14-7-10-16(19)11-14)13-5-8-15(9-6-13)18(2,3)4/h5-10,12,14,16H,11,19H2,1-4H3,(H,20,21). The lowest BCUT2D eigenvalue weighted by Crippen LogP contribution is -2.32. The van der Waals surface area contributed by atoms with Gasteiger partial charge in [0.05, 0.1) is 12.0 Å². The number of rotatable bonds is 3. The Bertz CT molecular complexity index is 525. The van der Waals surface area contributed by atoms with E-state index >= 15 is 0 Å². The highest BCUT2D eigenvalue weighted by molar-refractivity contribution is 5.81. The molecule has 0 saturated heterocycles. The fraction of sp³-hybridized carbons (Fsp3) is 0.500. The van der Waals surface area contributed by atoms with E-state index in [2.05, 4.69) is 50.4 Å². The molecule has 0 saturated carbocycles. The van der Waals surface area contributed by atoms with E-state index in [4.69, 9.17) is 5.73 Å². The molecular weight excluding hydrogens is 260 g/mol. The van der Waals surface area contributed by atoms with Gasteiger partial charge in [0.2, 0.25) is 5.91 Å². The molecule has 1 aromatic carbocycles. The van der Waals surface area contributed by atoms with E-state index in [0.717, 1.165) is 5.56 Å². The van der Waals surface area contributed by atoms with Gasteiger partial charge in [0.1, 0.15) is 0 Å². The Morgan fingerprint density at radius 3 is 2.33 bits per heavy atom. The maximum Gasteiger partial charge on any atom is 0.227 e. The Labute approximate surface area is 127 Å². The van der Waals surface area contributed by atoms with E-state index in [1.165, 1.54) is 5.56 Å². The Kier molecular flexibility index (Phi) is 4.52. The predicted molar refractivity (Wildman–Crippen MR) is 86.9 cm³/mol. The molecule has 0 spiro atoms. The van der Waals surface area contributed by atoms with Crippen LogP contribution in [0.5, 0.6) is 0 Å². The van der Waals surface area contributed by atoms with Gasteiger partial charge >= 0.3 is 0 Å². The Balaban J connectivity index is 1.99. The first-order chi connectivity index (χ1) is 9.77. The van der Waals surface area contributed by atoms with Crippen LogP contribution in [0.2, 0.25) is 0 Å². The Hall–Kier alpha value is -1.61. The number of nitrogens with one attached hydrogen (secondary N) is 1. The zero-order valence-electron chi connectivity index (χ0n) is 13.4. The van der Waals surface area contributed by atoms with Crippen molar-refractivity contribution >= 4 is 5.91 Å². The number of hydrogen-bond acceptors (Lipinski definition) is 2. The molecule has 1 amide bonds. The van der Waals surface area contributed by atoms with Crippen LogP contribution >= 0.6 is 0 Å². The van der Waals surface area contributed by atoms with Crippen LogP contribution in [-0.2, 0) is 10.2 Å². The molecule has 0 radical (unpaired) electrons. The maximum atomic E-state index is 12.2.